The van der Waals surface area contributed by atoms with Crippen LogP contribution >= 0.6 is 0 Å². The maximum atomic E-state index is 5.46. The van der Waals surface area contributed by atoms with Gasteiger partial charge in [-0.25, -0.2) is 0 Å². The summed E-state index contributed by atoms with van der Waals surface area (Å²) in [6.45, 7) is 4.23. The lowest BCUT2D eigenvalue weighted by atomic mass is 10.2. The summed E-state index contributed by atoms with van der Waals surface area (Å²) in [6, 6.07) is 0. The highest BCUT2D eigenvalue weighted by Gasteiger charge is 2.45. The number of hydrogen-bond acceptors (Lipinski definition) is 3. The van der Waals surface area contributed by atoms with Gasteiger partial charge in [0.25, 0.3) is 0 Å². The van der Waals surface area contributed by atoms with Crippen molar-refractivity contribution < 1.29 is 0 Å². The van der Waals surface area contributed by atoms with Gasteiger partial charge >= 0.3 is 0 Å². The van der Waals surface area contributed by atoms with Gasteiger partial charge in [-0.3, -0.25) is 5.01 Å². The summed E-state index contributed by atoms with van der Waals surface area (Å²) < 4.78 is 0. The van der Waals surface area contributed by atoms with E-state index < -0.39 is 0 Å². The Kier molecular flexibility index (Phi) is 1.94. The van der Waals surface area contributed by atoms with Crippen LogP contribution in [0.25, 0.3) is 0 Å². The van der Waals surface area contributed by atoms with E-state index in [1.165, 1.54) is 12.8 Å². The summed E-state index contributed by atoms with van der Waals surface area (Å²) in [5.74, 6) is 0. The normalized spacial score (nSPS) is 20.2. The van der Waals surface area contributed by atoms with Crippen molar-refractivity contribution in [1.29, 1.82) is 0 Å². The monoisotopic (exact) mass is 141 g/mol. The highest BCUT2D eigenvalue weighted by Crippen LogP contribution is 2.43. The molecule has 0 heterocycles. The minimum Gasteiger partial charge on any atom is -0.330 e. The van der Waals surface area contributed by atoms with Crippen molar-refractivity contribution >= 4 is 6.72 Å². The first-order valence-corrected chi connectivity index (χ1v) is 3.66. The second-order valence-electron chi connectivity index (χ2n) is 2.93. The molecule has 0 aliphatic heterocycles. The first-order chi connectivity index (χ1) is 4.75. The van der Waals surface area contributed by atoms with E-state index >= 15 is 0 Å². The number of hydrogen-bond donors (Lipinski definition) is 1. The van der Waals surface area contributed by atoms with Crippen LogP contribution in [0.2, 0.25) is 0 Å². The molecule has 0 aromatic heterocycles. The molecule has 0 saturated heterocycles. The number of nitrogens with zero attached hydrogens (tertiary/aromatic N) is 2. The SMILES string of the molecule is C=NN(C)C1(CCN)CC1. The molecule has 1 fully saturated rings. The van der Waals surface area contributed by atoms with Gasteiger partial charge in [0.15, 0.2) is 0 Å². The van der Waals surface area contributed by atoms with Crippen LogP contribution in [0.5, 0.6) is 0 Å². The molecule has 3 heteroatoms. The smallest absolute Gasteiger partial charge is 0.0589 e. The molecule has 0 bridgehead atoms. The fraction of sp³-hybridized carbons (Fsp3) is 0.857. The standard InChI is InChI=1S/C7H15N3/c1-9-10(2)7(3-4-7)5-6-8/h1,3-6,8H2,2H3. The number of rotatable bonds is 4. The minimum atomic E-state index is 0.288. The molecule has 0 radical (unpaired) electrons. The number of nitrogens with two attached hydrogens (primary N) is 1. The van der Waals surface area contributed by atoms with Gasteiger partial charge in [0.05, 0.1) is 5.54 Å². The second-order valence-corrected chi connectivity index (χ2v) is 2.93. The van der Waals surface area contributed by atoms with E-state index in [1.54, 1.807) is 0 Å². The van der Waals surface area contributed by atoms with Crippen LogP contribution in [0.15, 0.2) is 5.10 Å². The number of hydrazone groups is 1. The zero-order valence-corrected chi connectivity index (χ0v) is 6.51. The lowest BCUT2D eigenvalue weighted by molar-refractivity contribution is 0.223. The molecule has 58 valence electrons. The summed E-state index contributed by atoms with van der Waals surface area (Å²) in [5.41, 5.74) is 5.75. The van der Waals surface area contributed by atoms with E-state index in [0.717, 1.165) is 13.0 Å². The van der Waals surface area contributed by atoms with Gasteiger partial charge < -0.3 is 5.73 Å². The predicted octanol–water partition coefficient (Wildman–Crippen LogP) is 0.415. The molecule has 1 saturated carbocycles. The summed E-state index contributed by atoms with van der Waals surface area (Å²) in [7, 11) is 1.97. The Bertz CT molecular complexity index is 129. The molecule has 3 nitrogen and oxygen atoms in total. The average Bonchev–Trinajstić information content (AvgIpc) is 2.69. The molecule has 1 aliphatic carbocycles. The lowest BCUT2D eigenvalue weighted by Gasteiger charge is -2.23. The van der Waals surface area contributed by atoms with Gasteiger partial charge in [0, 0.05) is 13.8 Å². The molecule has 10 heavy (non-hydrogen) atoms. The minimum absolute atomic E-state index is 0.288. The third-order valence-corrected chi connectivity index (χ3v) is 2.34. The molecule has 0 amide bonds. The molecule has 2 N–H and O–H groups in total. The van der Waals surface area contributed by atoms with Crippen molar-refractivity contribution in [2.75, 3.05) is 13.6 Å². The molecule has 0 spiro atoms. The largest absolute Gasteiger partial charge is 0.330 e. The van der Waals surface area contributed by atoms with Crippen LogP contribution in [-0.4, -0.2) is 30.9 Å². The molecular weight excluding hydrogens is 126 g/mol. The summed E-state index contributed by atoms with van der Waals surface area (Å²) >= 11 is 0. The van der Waals surface area contributed by atoms with Gasteiger partial charge in [-0.15, -0.1) is 0 Å². The summed E-state index contributed by atoms with van der Waals surface area (Å²) in [4.78, 5) is 0. The average molecular weight is 141 g/mol. The Labute approximate surface area is 61.9 Å². The van der Waals surface area contributed by atoms with Crippen LogP contribution in [0.3, 0.4) is 0 Å². The molecule has 0 unspecified atom stereocenters. The Hall–Kier alpha value is -0.570. The van der Waals surface area contributed by atoms with Crippen molar-refractivity contribution in [3.05, 3.63) is 0 Å². The Morgan fingerprint density at radius 2 is 2.30 bits per heavy atom. The van der Waals surface area contributed by atoms with E-state index in [0.29, 0.717) is 0 Å². The molecular formula is C7H15N3. The third-order valence-electron chi connectivity index (χ3n) is 2.34. The van der Waals surface area contributed by atoms with Crippen molar-refractivity contribution in [2.24, 2.45) is 10.8 Å². The van der Waals surface area contributed by atoms with Crippen LogP contribution in [-0.2, 0) is 0 Å². The maximum absolute atomic E-state index is 5.46. The summed E-state index contributed by atoms with van der Waals surface area (Å²) in [6.07, 6.45) is 3.49. The van der Waals surface area contributed by atoms with Gasteiger partial charge in [-0.05, 0) is 25.8 Å². The maximum Gasteiger partial charge on any atom is 0.0589 e. The van der Waals surface area contributed by atoms with Crippen molar-refractivity contribution in [1.82, 2.24) is 5.01 Å². The molecule has 0 atom stereocenters. The van der Waals surface area contributed by atoms with Crippen LogP contribution < -0.4 is 5.73 Å². The Balaban J connectivity index is 2.42. The summed E-state index contributed by atoms with van der Waals surface area (Å²) in [5, 5.41) is 5.81. The fourth-order valence-corrected chi connectivity index (χ4v) is 1.30. The molecule has 1 rings (SSSR count). The highest BCUT2D eigenvalue weighted by molar-refractivity contribution is 5.23. The first kappa shape index (κ1) is 7.54. The van der Waals surface area contributed by atoms with Crippen molar-refractivity contribution in [3.8, 4) is 0 Å². The first-order valence-electron chi connectivity index (χ1n) is 3.66. The zero-order valence-electron chi connectivity index (χ0n) is 6.51. The van der Waals surface area contributed by atoms with E-state index in [1.807, 2.05) is 12.1 Å². The second kappa shape index (κ2) is 2.58. The van der Waals surface area contributed by atoms with Crippen LogP contribution in [0.1, 0.15) is 19.3 Å². The van der Waals surface area contributed by atoms with Gasteiger partial charge in [0.1, 0.15) is 0 Å². The van der Waals surface area contributed by atoms with Crippen LogP contribution in [0.4, 0.5) is 0 Å². The topological polar surface area (TPSA) is 41.6 Å². The zero-order chi connectivity index (χ0) is 7.61. The van der Waals surface area contributed by atoms with E-state index in [2.05, 4.69) is 11.8 Å². The third kappa shape index (κ3) is 1.14. The van der Waals surface area contributed by atoms with Crippen LogP contribution in [0, 0.1) is 0 Å². The molecule has 0 aromatic carbocycles. The van der Waals surface area contributed by atoms with Crippen molar-refractivity contribution in [3.63, 3.8) is 0 Å². The van der Waals surface area contributed by atoms with E-state index in [4.69, 9.17) is 5.73 Å². The van der Waals surface area contributed by atoms with Gasteiger partial charge in [0.2, 0.25) is 0 Å². The van der Waals surface area contributed by atoms with Gasteiger partial charge in [-0.2, -0.15) is 5.10 Å². The van der Waals surface area contributed by atoms with Gasteiger partial charge in [-0.1, -0.05) is 0 Å². The fourth-order valence-electron chi connectivity index (χ4n) is 1.30. The Morgan fingerprint density at radius 3 is 2.60 bits per heavy atom. The molecule has 0 aromatic rings. The van der Waals surface area contributed by atoms with E-state index in [9.17, 15) is 0 Å². The quantitative estimate of drug-likeness (QED) is 0.455. The Morgan fingerprint density at radius 1 is 1.70 bits per heavy atom. The lowest BCUT2D eigenvalue weighted by Crippen LogP contribution is -2.31. The molecule has 1 aliphatic rings. The predicted molar refractivity (Wildman–Crippen MR) is 42.9 cm³/mol. The van der Waals surface area contributed by atoms with Crippen molar-refractivity contribution in [2.45, 2.75) is 24.8 Å². The highest BCUT2D eigenvalue weighted by atomic mass is 15.5. The van der Waals surface area contributed by atoms with E-state index in [-0.39, 0.29) is 5.54 Å².